The molecule has 0 aliphatic carbocycles. The largest absolute Gasteiger partial charge is 0.388 e. The zero-order chi connectivity index (χ0) is 17.7. The van der Waals surface area contributed by atoms with Gasteiger partial charge in [0.1, 0.15) is 0 Å². The first-order chi connectivity index (χ1) is 11.3. The lowest BCUT2D eigenvalue weighted by Gasteiger charge is -2.24. The molecular formula is C19H27N3O2. The number of aryl methyl sites for hydroxylation is 1. The van der Waals surface area contributed by atoms with Crippen LogP contribution in [0.5, 0.6) is 0 Å². The highest BCUT2D eigenvalue weighted by molar-refractivity contribution is 5.95. The monoisotopic (exact) mass is 329 g/mol. The van der Waals surface area contributed by atoms with Crippen LogP contribution in [0.2, 0.25) is 0 Å². The molecule has 1 unspecified atom stereocenters. The van der Waals surface area contributed by atoms with Gasteiger partial charge in [-0.3, -0.25) is 4.79 Å². The van der Waals surface area contributed by atoms with Gasteiger partial charge in [-0.05, 0) is 44.7 Å². The highest BCUT2D eigenvalue weighted by Gasteiger charge is 2.23. The van der Waals surface area contributed by atoms with E-state index in [2.05, 4.69) is 24.3 Å². The second kappa shape index (κ2) is 7.62. The molecule has 1 atom stereocenters. The van der Waals surface area contributed by atoms with Crippen molar-refractivity contribution in [2.45, 2.75) is 46.1 Å². The Labute approximate surface area is 143 Å². The van der Waals surface area contributed by atoms with Crippen molar-refractivity contribution in [1.29, 1.82) is 0 Å². The van der Waals surface area contributed by atoms with E-state index in [4.69, 9.17) is 0 Å². The van der Waals surface area contributed by atoms with Gasteiger partial charge in [-0.15, -0.1) is 0 Å². The molecule has 1 amide bonds. The number of para-hydroxylation sites is 1. The Morgan fingerprint density at radius 1 is 1.33 bits per heavy atom. The Morgan fingerprint density at radius 3 is 2.62 bits per heavy atom. The molecule has 0 aliphatic rings. The Bertz CT molecular complexity index is 675. The van der Waals surface area contributed by atoms with E-state index < -0.39 is 5.60 Å². The van der Waals surface area contributed by atoms with Crippen LogP contribution < -0.4 is 5.32 Å². The van der Waals surface area contributed by atoms with E-state index in [1.54, 1.807) is 17.8 Å². The van der Waals surface area contributed by atoms with E-state index in [0.29, 0.717) is 23.6 Å². The van der Waals surface area contributed by atoms with E-state index in [9.17, 15) is 9.90 Å². The first-order valence-corrected chi connectivity index (χ1v) is 8.41. The maximum atomic E-state index is 12.4. The first-order valence-electron chi connectivity index (χ1n) is 8.41. The molecule has 1 aromatic heterocycles. The van der Waals surface area contributed by atoms with Crippen LogP contribution in [0.4, 0.5) is 0 Å². The van der Waals surface area contributed by atoms with Crippen molar-refractivity contribution < 1.29 is 9.90 Å². The van der Waals surface area contributed by atoms with Gasteiger partial charge in [0, 0.05) is 12.7 Å². The number of nitrogens with one attached hydrogen (secondary N) is 1. The lowest BCUT2D eigenvalue weighted by molar-refractivity contribution is 0.0429. The highest BCUT2D eigenvalue weighted by Crippen LogP contribution is 2.16. The Balaban J connectivity index is 2.02. The standard InChI is InChI=1S/C19H27N3O2/c1-14(2)10-11-19(4,24)13-20-18(23)17-12-22(21-15(17)3)16-8-6-5-7-9-16/h5-9,12,14,24H,10-11,13H2,1-4H3,(H,20,23). The van der Waals surface area contributed by atoms with Crippen molar-refractivity contribution in [3.8, 4) is 5.69 Å². The summed E-state index contributed by atoms with van der Waals surface area (Å²) in [5, 5.41) is 17.6. The van der Waals surface area contributed by atoms with Crippen molar-refractivity contribution in [3.63, 3.8) is 0 Å². The van der Waals surface area contributed by atoms with Crippen molar-refractivity contribution in [3.05, 3.63) is 47.8 Å². The molecule has 2 N–H and O–H groups in total. The Hall–Kier alpha value is -2.14. The fourth-order valence-corrected chi connectivity index (χ4v) is 2.45. The molecule has 0 bridgehead atoms. The van der Waals surface area contributed by atoms with Gasteiger partial charge in [0.05, 0.1) is 22.5 Å². The van der Waals surface area contributed by atoms with Crippen LogP contribution in [-0.2, 0) is 0 Å². The Morgan fingerprint density at radius 2 is 2.00 bits per heavy atom. The summed E-state index contributed by atoms with van der Waals surface area (Å²) >= 11 is 0. The van der Waals surface area contributed by atoms with Crippen LogP contribution in [0, 0.1) is 12.8 Å². The van der Waals surface area contributed by atoms with Gasteiger partial charge in [0.25, 0.3) is 5.91 Å². The molecule has 0 radical (unpaired) electrons. The number of aromatic nitrogens is 2. The minimum Gasteiger partial charge on any atom is -0.388 e. The number of rotatable bonds is 7. The average molecular weight is 329 g/mol. The molecule has 0 saturated heterocycles. The number of hydrogen-bond acceptors (Lipinski definition) is 3. The van der Waals surface area contributed by atoms with Crippen LogP contribution >= 0.6 is 0 Å². The van der Waals surface area contributed by atoms with Crippen LogP contribution in [-0.4, -0.2) is 32.9 Å². The average Bonchev–Trinajstić information content (AvgIpc) is 2.94. The fourth-order valence-electron chi connectivity index (χ4n) is 2.45. The minimum absolute atomic E-state index is 0.209. The van der Waals surface area contributed by atoms with Crippen LogP contribution in [0.1, 0.15) is 49.7 Å². The van der Waals surface area contributed by atoms with Crippen molar-refractivity contribution >= 4 is 5.91 Å². The minimum atomic E-state index is -0.900. The smallest absolute Gasteiger partial charge is 0.254 e. The predicted octanol–water partition coefficient (Wildman–Crippen LogP) is 3.10. The van der Waals surface area contributed by atoms with E-state index in [-0.39, 0.29) is 12.5 Å². The van der Waals surface area contributed by atoms with Gasteiger partial charge < -0.3 is 10.4 Å². The van der Waals surface area contributed by atoms with Crippen LogP contribution in [0.15, 0.2) is 36.5 Å². The van der Waals surface area contributed by atoms with E-state index in [1.165, 1.54) is 0 Å². The number of nitrogens with zero attached hydrogens (tertiary/aromatic N) is 2. The number of aliphatic hydroxyl groups is 1. The molecule has 2 rings (SSSR count). The third-order valence-corrected chi connectivity index (χ3v) is 4.05. The summed E-state index contributed by atoms with van der Waals surface area (Å²) in [6.07, 6.45) is 3.31. The first kappa shape index (κ1) is 18.2. The van der Waals surface area contributed by atoms with Crippen LogP contribution in [0.25, 0.3) is 5.69 Å². The molecule has 1 aromatic carbocycles. The topological polar surface area (TPSA) is 67.2 Å². The maximum Gasteiger partial charge on any atom is 0.254 e. The summed E-state index contributed by atoms with van der Waals surface area (Å²) in [5.74, 6) is 0.318. The van der Waals surface area contributed by atoms with Crippen molar-refractivity contribution in [2.75, 3.05) is 6.54 Å². The highest BCUT2D eigenvalue weighted by atomic mass is 16.3. The van der Waals surface area contributed by atoms with Gasteiger partial charge in [-0.25, -0.2) is 4.68 Å². The molecule has 5 nitrogen and oxygen atoms in total. The lowest BCUT2D eigenvalue weighted by atomic mass is 9.95. The number of carbonyl (C=O) groups is 1. The Kier molecular flexibility index (Phi) is 5.78. The molecule has 24 heavy (non-hydrogen) atoms. The molecule has 0 saturated carbocycles. The summed E-state index contributed by atoms with van der Waals surface area (Å²) in [4.78, 5) is 12.4. The van der Waals surface area contributed by atoms with Crippen molar-refractivity contribution in [2.24, 2.45) is 5.92 Å². The van der Waals surface area contributed by atoms with Gasteiger partial charge in [0.15, 0.2) is 0 Å². The third kappa shape index (κ3) is 4.93. The van der Waals surface area contributed by atoms with Gasteiger partial charge in [-0.2, -0.15) is 5.10 Å². The molecule has 2 aromatic rings. The summed E-state index contributed by atoms with van der Waals surface area (Å²) < 4.78 is 1.70. The van der Waals surface area contributed by atoms with Gasteiger partial charge >= 0.3 is 0 Å². The summed E-state index contributed by atoms with van der Waals surface area (Å²) in [5.41, 5.74) is 1.20. The molecule has 0 aliphatic heterocycles. The van der Waals surface area contributed by atoms with Gasteiger partial charge in [-0.1, -0.05) is 32.0 Å². The maximum absolute atomic E-state index is 12.4. The van der Waals surface area contributed by atoms with Crippen molar-refractivity contribution in [1.82, 2.24) is 15.1 Å². The number of hydrogen-bond donors (Lipinski definition) is 2. The molecule has 1 heterocycles. The lowest BCUT2D eigenvalue weighted by Crippen LogP contribution is -2.40. The van der Waals surface area contributed by atoms with E-state index in [0.717, 1.165) is 12.1 Å². The number of carbonyl (C=O) groups excluding carboxylic acids is 1. The summed E-state index contributed by atoms with van der Waals surface area (Å²) in [7, 11) is 0. The zero-order valence-corrected chi connectivity index (χ0v) is 14.9. The summed E-state index contributed by atoms with van der Waals surface area (Å²) in [6, 6.07) is 9.67. The predicted molar refractivity (Wildman–Crippen MR) is 95.3 cm³/mol. The number of amides is 1. The third-order valence-electron chi connectivity index (χ3n) is 4.05. The number of benzene rings is 1. The van der Waals surface area contributed by atoms with E-state index >= 15 is 0 Å². The molecule has 0 fully saturated rings. The second-order valence-electron chi connectivity index (χ2n) is 7.02. The summed E-state index contributed by atoms with van der Waals surface area (Å²) in [6.45, 7) is 8.04. The molecule has 130 valence electrons. The van der Waals surface area contributed by atoms with Crippen LogP contribution in [0.3, 0.4) is 0 Å². The SMILES string of the molecule is Cc1nn(-c2ccccc2)cc1C(=O)NCC(C)(O)CCC(C)C. The van der Waals surface area contributed by atoms with E-state index in [1.807, 2.05) is 37.3 Å². The quantitative estimate of drug-likeness (QED) is 0.820. The fraction of sp³-hybridized carbons (Fsp3) is 0.474. The normalized spacial score (nSPS) is 13.8. The molecule has 0 spiro atoms. The molecule has 5 heteroatoms. The zero-order valence-electron chi connectivity index (χ0n) is 14.9. The second-order valence-corrected chi connectivity index (χ2v) is 7.02. The molecular weight excluding hydrogens is 302 g/mol. The van der Waals surface area contributed by atoms with Gasteiger partial charge in [0.2, 0.25) is 0 Å².